The molecule has 1 aromatic carbocycles. The van der Waals surface area contributed by atoms with Crippen molar-refractivity contribution in [2.75, 3.05) is 26.2 Å². The molecule has 0 radical (unpaired) electrons. The van der Waals surface area contributed by atoms with Crippen molar-refractivity contribution in [1.29, 1.82) is 0 Å². The summed E-state index contributed by atoms with van der Waals surface area (Å²) in [7, 11) is 0. The van der Waals surface area contributed by atoms with E-state index in [9.17, 15) is 4.79 Å². The highest BCUT2D eigenvalue weighted by molar-refractivity contribution is 14.0. The van der Waals surface area contributed by atoms with Crippen molar-refractivity contribution in [1.82, 2.24) is 15.5 Å². The smallest absolute Gasteiger partial charge is 0.314 e. The molecule has 1 unspecified atom stereocenters. The first kappa shape index (κ1) is 23.6. The number of benzene rings is 1. The lowest BCUT2D eigenvalue weighted by atomic mass is 10.1. The summed E-state index contributed by atoms with van der Waals surface area (Å²) in [5.74, 6) is 1.49. The van der Waals surface area contributed by atoms with Gasteiger partial charge in [-0.05, 0) is 44.9 Å². The number of urea groups is 1. The van der Waals surface area contributed by atoms with Crippen molar-refractivity contribution in [2.24, 2.45) is 10.7 Å². The minimum atomic E-state index is -0.351. The van der Waals surface area contributed by atoms with Crippen molar-refractivity contribution < 1.29 is 9.53 Å². The van der Waals surface area contributed by atoms with E-state index in [0.717, 1.165) is 31.1 Å². The summed E-state index contributed by atoms with van der Waals surface area (Å²) in [5.41, 5.74) is 5.32. The van der Waals surface area contributed by atoms with Crippen LogP contribution in [0.25, 0.3) is 0 Å². The van der Waals surface area contributed by atoms with Crippen molar-refractivity contribution >= 4 is 47.6 Å². The van der Waals surface area contributed by atoms with E-state index in [1.807, 2.05) is 32.0 Å². The number of carbonyl (C=O) groups excluding carboxylic acids is 1. The molecule has 0 spiro atoms. The SMILES string of the molecule is CCNC(=NCC(C)Oc1cccc(Cl)c1)NC1CCN(C(N)=O)CC1.I. The van der Waals surface area contributed by atoms with Gasteiger partial charge in [-0.3, -0.25) is 0 Å². The lowest BCUT2D eigenvalue weighted by Gasteiger charge is -2.32. The standard InChI is InChI=1S/C18H28ClN5O2.HI/c1-3-21-18(23-15-7-9-24(10-8-15)17(20)25)22-12-13(2)26-16-6-4-5-14(19)11-16;/h4-6,11,13,15H,3,7-10,12H2,1-2H3,(H2,20,25)(H2,21,22,23);1H. The van der Waals surface area contributed by atoms with Gasteiger partial charge in [-0.2, -0.15) is 0 Å². The molecule has 2 amide bonds. The van der Waals surface area contributed by atoms with Crippen LogP contribution in [0.3, 0.4) is 0 Å². The maximum Gasteiger partial charge on any atom is 0.314 e. The van der Waals surface area contributed by atoms with Crippen LogP contribution in [0.4, 0.5) is 4.79 Å². The van der Waals surface area contributed by atoms with Crippen LogP contribution in [0.15, 0.2) is 29.3 Å². The number of nitrogens with two attached hydrogens (primary N) is 1. The first-order valence-corrected chi connectivity index (χ1v) is 9.37. The number of hydrogen-bond acceptors (Lipinski definition) is 3. The maximum atomic E-state index is 11.2. The summed E-state index contributed by atoms with van der Waals surface area (Å²) >= 11 is 5.98. The van der Waals surface area contributed by atoms with Gasteiger partial charge in [0.15, 0.2) is 5.96 Å². The number of ether oxygens (including phenoxy) is 1. The minimum Gasteiger partial charge on any atom is -0.489 e. The van der Waals surface area contributed by atoms with E-state index in [2.05, 4.69) is 15.6 Å². The molecule has 0 bridgehead atoms. The van der Waals surface area contributed by atoms with Gasteiger partial charge in [-0.1, -0.05) is 17.7 Å². The fourth-order valence-corrected chi connectivity index (χ4v) is 2.97. The highest BCUT2D eigenvalue weighted by Gasteiger charge is 2.21. The summed E-state index contributed by atoms with van der Waals surface area (Å²) < 4.78 is 5.85. The highest BCUT2D eigenvalue weighted by Crippen LogP contribution is 2.18. The number of primary amides is 1. The van der Waals surface area contributed by atoms with Gasteiger partial charge in [0.1, 0.15) is 11.9 Å². The zero-order chi connectivity index (χ0) is 18.9. The van der Waals surface area contributed by atoms with E-state index in [1.165, 1.54) is 0 Å². The second-order valence-electron chi connectivity index (χ2n) is 6.35. The van der Waals surface area contributed by atoms with Crippen LogP contribution in [0.1, 0.15) is 26.7 Å². The van der Waals surface area contributed by atoms with Gasteiger partial charge in [0.25, 0.3) is 0 Å². The zero-order valence-electron chi connectivity index (χ0n) is 15.8. The average Bonchev–Trinajstić information content (AvgIpc) is 2.60. The highest BCUT2D eigenvalue weighted by atomic mass is 127. The first-order chi connectivity index (χ1) is 12.5. The summed E-state index contributed by atoms with van der Waals surface area (Å²) in [6.07, 6.45) is 1.62. The van der Waals surface area contributed by atoms with Gasteiger partial charge in [0.05, 0.1) is 6.54 Å². The lowest BCUT2D eigenvalue weighted by Crippen LogP contribution is -2.50. The van der Waals surface area contributed by atoms with Crippen LogP contribution in [-0.4, -0.2) is 55.2 Å². The molecule has 1 aliphatic heterocycles. The lowest BCUT2D eigenvalue weighted by molar-refractivity contribution is 0.188. The quantitative estimate of drug-likeness (QED) is 0.312. The Bertz CT molecular complexity index is 624. The molecule has 1 heterocycles. The Morgan fingerprint density at radius 2 is 2.15 bits per heavy atom. The average molecular weight is 510 g/mol. The van der Waals surface area contributed by atoms with Crippen molar-refractivity contribution in [3.05, 3.63) is 29.3 Å². The fourth-order valence-electron chi connectivity index (χ4n) is 2.79. The fraction of sp³-hybridized carbons (Fsp3) is 0.556. The normalized spacial score (nSPS) is 16.3. The predicted octanol–water partition coefficient (Wildman–Crippen LogP) is 2.82. The number of amides is 2. The topological polar surface area (TPSA) is 92.0 Å². The van der Waals surface area contributed by atoms with E-state index in [0.29, 0.717) is 24.7 Å². The Hall–Kier alpha value is -1.42. The molecule has 7 nitrogen and oxygen atoms in total. The van der Waals surface area contributed by atoms with Gasteiger partial charge in [-0.15, -0.1) is 24.0 Å². The number of aliphatic imine (C=N–C) groups is 1. The molecule has 0 saturated carbocycles. The molecule has 1 fully saturated rings. The van der Waals surface area contributed by atoms with Gasteiger partial charge < -0.3 is 26.0 Å². The second-order valence-corrected chi connectivity index (χ2v) is 6.79. The molecule has 9 heteroatoms. The third-order valence-corrected chi connectivity index (χ3v) is 4.37. The predicted molar refractivity (Wildman–Crippen MR) is 120 cm³/mol. The van der Waals surface area contributed by atoms with Gasteiger partial charge in [-0.25, -0.2) is 9.79 Å². The van der Waals surface area contributed by atoms with E-state index in [-0.39, 0.29) is 42.2 Å². The first-order valence-electron chi connectivity index (χ1n) is 8.99. The number of carbonyl (C=O) groups is 1. The molecule has 2 rings (SSSR count). The van der Waals surface area contributed by atoms with Crippen molar-refractivity contribution in [3.8, 4) is 5.75 Å². The Morgan fingerprint density at radius 3 is 2.74 bits per heavy atom. The van der Waals surface area contributed by atoms with Gasteiger partial charge in [0.2, 0.25) is 0 Å². The molecule has 0 aliphatic carbocycles. The van der Waals surface area contributed by atoms with Crippen LogP contribution in [0.5, 0.6) is 5.75 Å². The largest absolute Gasteiger partial charge is 0.489 e. The molecule has 1 atom stereocenters. The second kappa shape index (κ2) is 12.1. The van der Waals surface area contributed by atoms with E-state index in [4.69, 9.17) is 22.1 Å². The number of hydrogen-bond donors (Lipinski definition) is 3. The molecule has 152 valence electrons. The van der Waals surface area contributed by atoms with E-state index in [1.54, 1.807) is 11.0 Å². The maximum absolute atomic E-state index is 11.2. The monoisotopic (exact) mass is 509 g/mol. The number of rotatable bonds is 6. The van der Waals surface area contributed by atoms with Crippen LogP contribution < -0.4 is 21.1 Å². The van der Waals surface area contributed by atoms with E-state index < -0.39 is 0 Å². The Balaban J connectivity index is 0.00000364. The van der Waals surface area contributed by atoms with Gasteiger partial charge in [0, 0.05) is 30.7 Å². The Kier molecular flexibility index (Phi) is 10.6. The third-order valence-electron chi connectivity index (χ3n) is 4.13. The van der Waals surface area contributed by atoms with E-state index >= 15 is 0 Å². The number of guanidine groups is 1. The third kappa shape index (κ3) is 8.42. The molecule has 1 saturated heterocycles. The summed E-state index contributed by atoms with van der Waals surface area (Å²) in [5, 5.41) is 7.33. The number of piperidine rings is 1. The van der Waals surface area contributed by atoms with Crippen molar-refractivity contribution in [3.63, 3.8) is 0 Å². The molecule has 1 aromatic rings. The number of likely N-dealkylation sites (tertiary alicyclic amines) is 1. The molecular formula is C18H29ClIN5O2. The molecule has 4 N–H and O–H groups in total. The molecular weight excluding hydrogens is 481 g/mol. The van der Waals surface area contributed by atoms with Crippen LogP contribution in [0, 0.1) is 0 Å². The number of halogens is 2. The molecule has 27 heavy (non-hydrogen) atoms. The zero-order valence-corrected chi connectivity index (χ0v) is 18.9. The molecule has 1 aliphatic rings. The summed E-state index contributed by atoms with van der Waals surface area (Å²) in [6, 6.07) is 7.26. The van der Waals surface area contributed by atoms with Gasteiger partial charge >= 0.3 is 6.03 Å². The number of nitrogens with zero attached hydrogens (tertiary/aromatic N) is 2. The summed E-state index contributed by atoms with van der Waals surface area (Å²) in [4.78, 5) is 17.5. The Labute approximate surface area is 183 Å². The number of nitrogens with one attached hydrogen (secondary N) is 2. The molecule has 0 aromatic heterocycles. The minimum absolute atomic E-state index is 0. The van der Waals surface area contributed by atoms with Crippen LogP contribution >= 0.6 is 35.6 Å². The van der Waals surface area contributed by atoms with Crippen LogP contribution in [0.2, 0.25) is 5.02 Å². The van der Waals surface area contributed by atoms with Crippen LogP contribution in [-0.2, 0) is 0 Å². The van der Waals surface area contributed by atoms with Crippen molar-refractivity contribution in [2.45, 2.75) is 38.8 Å². The summed E-state index contributed by atoms with van der Waals surface area (Å²) in [6.45, 7) is 6.62. The Morgan fingerprint density at radius 1 is 1.44 bits per heavy atom.